The fourth-order valence-electron chi connectivity index (χ4n) is 2.72. The number of carbonyl (C=O) groups excluding carboxylic acids is 1. The van der Waals surface area contributed by atoms with E-state index in [1.54, 1.807) is 13.0 Å². The quantitative estimate of drug-likeness (QED) is 0.916. The Morgan fingerprint density at radius 2 is 1.96 bits per heavy atom. The van der Waals surface area contributed by atoms with Crippen LogP contribution in [0.3, 0.4) is 0 Å². The summed E-state index contributed by atoms with van der Waals surface area (Å²) in [6.07, 6.45) is 3.47. The number of hydrogen-bond donors (Lipinski definition) is 1. The summed E-state index contributed by atoms with van der Waals surface area (Å²) in [4.78, 5) is 23.3. The van der Waals surface area contributed by atoms with Crippen molar-refractivity contribution in [3.63, 3.8) is 0 Å². The van der Waals surface area contributed by atoms with E-state index in [1.165, 1.54) is 24.6 Å². The highest BCUT2D eigenvalue weighted by atomic mass is 35.5. The third-order valence-electron chi connectivity index (χ3n) is 3.91. The molecule has 5 nitrogen and oxygen atoms in total. The Labute approximate surface area is 144 Å². The van der Waals surface area contributed by atoms with E-state index in [2.05, 4.69) is 20.2 Å². The molecule has 3 rings (SSSR count). The number of nitrogens with one attached hydrogen (secondary N) is 1. The van der Waals surface area contributed by atoms with Crippen LogP contribution in [0.4, 0.5) is 15.9 Å². The van der Waals surface area contributed by atoms with Gasteiger partial charge in [-0.15, -0.1) is 0 Å². The van der Waals surface area contributed by atoms with Gasteiger partial charge in [0.05, 0.1) is 5.02 Å². The summed E-state index contributed by atoms with van der Waals surface area (Å²) < 4.78 is 13.2. The van der Waals surface area contributed by atoms with E-state index in [4.69, 9.17) is 11.6 Å². The summed E-state index contributed by atoms with van der Waals surface area (Å²) >= 11 is 5.74. The lowest BCUT2D eigenvalue weighted by Crippen LogP contribution is -2.31. The number of halogens is 2. The van der Waals surface area contributed by atoms with Crippen molar-refractivity contribution in [3.05, 3.63) is 46.6 Å². The maximum atomic E-state index is 13.2. The normalized spacial score (nSPS) is 14.5. The molecule has 1 aliphatic heterocycles. The second-order valence-corrected chi connectivity index (χ2v) is 6.20. The number of aromatic nitrogens is 2. The first-order valence-corrected chi connectivity index (χ1v) is 8.28. The number of aryl methyl sites for hydroxylation is 1. The molecule has 0 radical (unpaired) electrons. The second kappa shape index (κ2) is 7.13. The Morgan fingerprint density at radius 1 is 1.21 bits per heavy atom. The molecule has 1 N–H and O–H groups in total. The average molecular weight is 349 g/mol. The predicted molar refractivity (Wildman–Crippen MR) is 92.2 cm³/mol. The van der Waals surface area contributed by atoms with Crippen molar-refractivity contribution < 1.29 is 9.18 Å². The molecule has 1 aliphatic rings. The van der Waals surface area contributed by atoms with Gasteiger partial charge in [0, 0.05) is 24.8 Å². The number of hydrogen-bond acceptors (Lipinski definition) is 4. The smallest absolute Gasteiger partial charge is 0.274 e. The van der Waals surface area contributed by atoms with Gasteiger partial charge in [0.1, 0.15) is 23.2 Å². The van der Waals surface area contributed by atoms with Gasteiger partial charge in [0.25, 0.3) is 5.91 Å². The van der Waals surface area contributed by atoms with E-state index >= 15 is 0 Å². The number of carbonyl (C=O) groups is 1. The topological polar surface area (TPSA) is 58.1 Å². The second-order valence-electron chi connectivity index (χ2n) is 5.79. The molecule has 0 aliphatic carbocycles. The van der Waals surface area contributed by atoms with Crippen LogP contribution in [0.2, 0.25) is 5.02 Å². The van der Waals surface area contributed by atoms with Crippen LogP contribution in [0.1, 0.15) is 35.6 Å². The Balaban J connectivity index is 1.81. The van der Waals surface area contributed by atoms with Gasteiger partial charge < -0.3 is 10.2 Å². The average Bonchev–Trinajstić information content (AvgIpc) is 2.58. The van der Waals surface area contributed by atoms with Gasteiger partial charge in [-0.3, -0.25) is 4.79 Å². The maximum absolute atomic E-state index is 13.2. The minimum atomic E-state index is -0.528. The Bertz CT molecular complexity index is 762. The highest BCUT2D eigenvalue weighted by Gasteiger charge is 2.17. The van der Waals surface area contributed by atoms with Crippen molar-refractivity contribution >= 4 is 29.0 Å². The van der Waals surface area contributed by atoms with Crippen LogP contribution in [-0.2, 0) is 0 Å². The fourth-order valence-corrected chi connectivity index (χ4v) is 2.90. The number of benzene rings is 1. The first kappa shape index (κ1) is 16.6. The van der Waals surface area contributed by atoms with Gasteiger partial charge in [0.15, 0.2) is 0 Å². The Kier molecular flexibility index (Phi) is 4.94. The van der Waals surface area contributed by atoms with E-state index in [1.807, 2.05) is 0 Å². The number of piperidine rings is 1. The molecule has 126 valence electrons. The molecule has 1 aromatic carbocycles. The molecule has 0 atom stereocenters. The maximum Gasteiger partial charge on any atom is 0.274 e. The zero-order valence-corrected chi connectivity index (χ0v) is 14.1. The number of anilines is 2. The third kappa shape index (κ3) is 3.82. The highest BCUT2D eigenvalue weighted by Crippen LogP contribution is 2.21. The highest BCUT2D eigenvalue weighted by molar-refractivity contribution is 6.31. The monoisotopic (exact) mass is 348 g/mol. The minimum absolute atomic E-state index is 0.0410. The Hall–Kier alpha value is -2.21. The molecule has 7 heteroatoms. The van der Waals surface area contributed by atoms with Crippen LogP contribution >= 0.6 is 11.6 Å². The lowest BCUT2D eigenvalue weighted by Gasteiger charge is -2.28. The van der Waals surface area contributed by atoms with Gasteiger partial charge in [0.2, 0.25) is 0 Å². The Morgan fingerprint density at radius 3 is 2.67 bits per heavy atom. The molecular formula is C17H18ClFN4O. The standard InChI is InChI=1S/C17H18ClFN4O/c1-11-20-15(10-16(21-11)23-7-3-2-4-8-23)17(24)22-12-5-6-14(19)13(18)9-12/h5-6,9-10H,2-4,7-8H2,1H3,(H,22,24). The van der Waals surface area contributed by atoms with E-state index in [-0.39, 0.29) is 16.6 Å². The van der Waals surface area contributed by atoms with E-state index in [0.717, 1.165) is 31.7 Å². The van der Waals surface area contributed by atoms with Crippen LogP contribution in [0.15, 0.2) is 24.3 Å². The molecule has 1 amide bonds. The van der Waals surface area contributed by atoms with Crippen LogP contribution in [-0.4, -0.2) is 29.0 Å². The van der Waals surface area contributed by atoms with Crippen molar-refractivity contribution in [2.24, 2.45) is 0 Å². The van der Waals surface area contributed by atoms with Crippen molar-refractivity contribution in [2.75, 3.05) is 23.3 Å². The SMILES string of the molecule is Cc1nc(C(=O)Nc2ccc(F)c(Cl)c2)cc(N2CCCCC2)n1. The van der Waals surface area contributed by atoms with Crippen LogP contribution < -0.4 is 10.2 Å². The molecule has 1 aromatic heterocycles. The zero-order valence-electron chi connectivity index (χ0n) is 13.4. The molecular weight excluding hydrogens is 331 g/mol. The largest absolute Gasteiger partial charge is 0.356 e. The lowest BCUT2D eigenvalue weighted by molar-refractivity contribution is 0.102. The molecule has 0 saturated carbocycles. The van der Waals surface area contributed by atoms with Gasteiger partial charge in [-0.05, 0) is 44.4 Å². The number of nitrogens with zero attached hydrogens (tertiary/aromatic N) is 3. The van der Waals surface area contributed by atoms with E-state index < -0.39 is 5.82 Å². The van der Waals surface area contributed by atoms with Gasteiger partial charge in [-0.1, -0.05) is 11.6 Å². The van der Waals surface area contributed by atoms with E-state index in [9.17, 15) is 9.18 Å². The first-order valence-electron chi connectivity index (χ1n) is 7.90. The molecule has 1 fully saturated rings. The number of rotatable bonds is 3. The van der Waals surface area contributed by atoms with Gasteiger partial charge in [-0.25, -0.2) is 14.4 Å². The third-order valence-corrected chi connectivity index (χ3v) is 4.20. The number of amides is 1. The summed E-state index contributed by atoms with van der Waals surface area (Å²) in [5, 5.41) is 2.64. The summed E-state index contributed by atoms with van der Waals surface area (Å²) in [5.74, 6) is 0.409. The summed E-state index contributed by atoms with van der Waals surface area (Å²) in [6.45, 7) is 3.63. The zero-order chi connectivity index (χ0) is 17.1. The summed E-state index contributed by atoms with van der Waals surface area (Å²) in [5.41, 5.74) is 0.700. The molecule has 2 heterocycles. The first-order chi connectivity index (χ1) is 11.5. The molecule has 1 saturated heterocycles. The molecule has 0 unspecified atom stereocenters. The minimum Gasteiger partial charge on any atom is -0.356 e. The lowest BCUT2D eigenvalue weighted by atomic mass is 10.1. The van der Waals surface area contributed by atoms with E-state index in [0.29, 0.717) is 11.5 Å². The van der Waals surface area contributed by atoms with Gasteiger partial charge >= 0.3 is 0 Å². The molecule has 0 spiro atoms. The van der Waals surface area contributed by atoms with Crippen LogP contribution in [0.25, 0.3) is 0 Å². The van der Waals surface area contributed by atoms with Crippen molar-refractivity contribution in [1.82, 2.24) is 9.97 Å². The molecule has 24 heavy (non-hydrogen) atoms. The fraction of sp³-hybridized carbons (Fsp3) is 0.353. The summed E-state index contributed by atoms with van der Waals surface area (Å²) in [6, 6.07) is 5.73. The van der Waals surface area contributed by atoms with Crippen molar-refractivity contribution in [3.8, 4) is 0 Å². The molecule has 0 bridgehead atoms. The summed E-state index contributed by atoms with van der Waals surface area (Å²) in [7, 11) is 0. The van der Waals surface area contributed by atoms with Gasteiger partial charge in [-0.2, -0.15) is 0 Å². The van der Waals surface area contributed by atoms with Crippen molar-refractivity contribution in [2.45, 2.75) is 26.2 Å². The van der Waals surface area contributed by atoms with Crippen molar-refractivity contribution in [1.29, 1.82) is 0 Å². The van der Waals surface area contributed by atoms with Crippen LogP contribution in [0, 0.1) is 12.7 Å². The predicted octanol–water partition coefficient (Wildman–Crippen LogP) is 3.82. The van der Waals surface area contributed by atoms with Crippen LogP contribution in [0.5, 0.6) is 0 Å². The molecule has 2 aromatic rings.